The van der Waals surface area contributed by atoms with Crippen LogP contribution >= 0.6 is 11.6 Å². The molecule has 0 spiro atoms. The number of phenolic OH excluding ortho intramolecular Hbond substituents is 1. The summed E-state index contributed by atoms with van der Waals surface area (Å²) in [5.41, 5.74) is 7.78. The zero-order valence-corrected chi connectivity index (χ0v) is 11.5. The molecule has 0 aliphatic carbocycles. The lowest BCUT2D eigenvalue weighted by Crippen LogP contribution is -2.23. The maximum absolute atomic E-state index is 12.0. The lowest BCUT2D eigenvalue weighted by atomic mass is 10.1. The molecule has 4 nitrogen and oxygen atoms in total. The molecule has 0 aliphatic heterocycles. The molecular formula is C15H15ClN2O2. The van der Waals surface area contributed by atoms with Crippen LogP contribution < -0.4 is 11.1 Å². The Morgan fingerprint density at radius 3 is 2.70 bits per heavy atom. The number of phenols is 1. The Labute approximate surface area is 122 Å². The molecule has 1 amide bonds. The van der Waals surface area contributed by atoms with Gasteiger partial charge in [0.2, 0.25) is 0 Å². The lowest BCUT2D eigenvalue weighted by Gasteiger charge is -2.08. The summed E-state index contributed by atoms with van der Waals surface area (Å²) in [4.78, 5) is 12.0. The number of hydrogen-bond acceptors (Lipinski definition) is 3. The molecule has 0 fully saturated rings. The van der Waals surface area contributed by atoms with Gasteiger partial charge in [-0.2, -0.15) is 0 Å². The number of aromatic hydroxyl groups is 1. The summed E-state index contributed by atoms with van der Waals surface area (Å²) in [6.45, 7) is 0.832. The topological polar surface area (TPSA) is 75.3 Å². The van der Waals surface area contributed by atoms with E-state index < -0.39 is 0 Å². The van der Waals surface area contributed by atoms with E-state index in [0.717, 1.165) is 11.1 Å². The molecule has 0 aromatic heterocycles. The van der Waals surface area contributed by atoms with E-state index >= 15 is 0 Å². The third-order valence-electron chi connectivity index (χ3n) is 2.87. The first-order chi connectivity index (χ1) is 9.60. The molecule has 0 unspecified atom stereocenters. The summed E-state index contributed by atoms with van der Waals surface area (Å²) < 4.78 is 0. The van der Waals surface area contributed by atoms with Crippen LogP contribution in [0.25, 0.3) is 0 Å². The molecule has 0 saturated heterocycles. The number of carbonyl (C=O) groups is 1. The summed E-state index contributed by atoms with van der Waals surface area (Å²) in [7, 11) is 0. The zero-order valence-electron chi connectivity index (χ0n) is 10.8. The van der Waals surface area contributed by atoms with Gasteiger partial charge in [-0.1, -0.05) is 35.9 Å². The predicted octanol–water partition coefficient (Wildman–Crippen LogP) is 2.43. The fraction of sp³-hybridized carbons (Fsp3) is 0.133. The van der Waals surface area contributed by atoms with Gasteiger partial charge in [0, 0.05) is 13.1 Å². The van der Waals surface area contributed by atoms with Gasteiger partial charge in [0.15, 0.2) is 0 Å². The molecule has 2 aromatic rings. The summed E-state index contributed by atoms with van der Waals surface area (Å²) >= 11 is 5.93. The highest BCUT2D eigenvalue weighted by atomic mass is 35.5. The van der Waals surface area contributed by atoms with Crippen LogP contribution in [0.15, 0.2) is 42.5 Å². The molecule has 104 valence electrons. The van der Waals surface area contributed by atoms with Gasteiger partial charge in [-0.05, 0) is 29.3 Å². The maximum atomic E-state index is 12.0. The van der Waals surface area contributed by atoms with Crippen molar-refractivity contribution in [1.82, 2.24) is 5.32 Å². The van der Waals surface area contributed by atoms with E-state index in [4.69, 9.17) is 17.3 Å². The van der Waals surface area contributed by atoms with Gasteiger partial charge in [0.25, 0.3) is 5.91 Å². The highest BCUT2D eigenvalue weighted by Gasteiger charge is 2.10. The number of amides is 1. The monoisotopic (exact) mass is 290 g/mol. The average Bonchev–Trinajstić information content (AvgIpc) is 2.47. The molecule has 0 saturated carbocycles. The Balaban J connectivity index is 2.06. The van der Waals surface area contributed by atoms with Crippen LogP contribution in [0.2, 0.25) is 5.02 Å². The second kappa shape index (κ2) is 6.41. The second-order valence-electron chi connectivity index (χ2n) is 4.37. The van der Waals surface area contributed by atoms with Gasteiger partial charge >= 0.3 is 0 Å². The van der Waals surface area contributed by atoms with Gasteiger partial charge in [0.05, 0.1) is 10.6 Å². The number of carbonyl (C=O) groups excluding carboxylic acids is 1. The molecule has 0 aliphatic rings. The minimum atomic E-state index is -0.330. The number of hydrogen-bond donors (Lipinski definition) is 3. The van der Waals surface area contributed by atoms with Crippen molar-refractivity contribution in [2.75, 3.05) is 0 Å². The highest BCUT2D eigenvalue weighted by Crippen LogP contribution is 2.21. The largest absolute Gasteiger partial charge is 0.508 e. The Hall–Kier alpha value is -2.04. The average molecular weight is 291 g/mol. The number of nitrogens with two attached hydrogens (primary N) is 1. The predicted molar refractivity (Wildman–Crippen MR) is 78.6 cm³/mol. The van der Waals surface area contributed by atoms with Crippen LogP contribution in [-0.4, -0.2) is 11.0 Å². The van der Waals surface area contributed by atoms with E-state index in [1.807, 2.05) is 24.3 Å². The third-order valence-corrected chi connectivity index (χ3v) is 3.20. The number of nitrogens with one attached hydrogen (secondary N) is 1. The Kier molecular flexibility index (Phi) is 4.61. The molecule has 5 heteroatoms. The molecule has 4 N–H and O–H groups in total. The van der Waals surface area contributed by atoms with Crippen molar-refractivity contribution in [3.8, 4) is 5.75 Å². The Bertz CT molecular complexity index is 629. The van der Waals surface area contributed by atoms with Gasteiger partial charge in [-0.25, -0.2) is 0 Å². The van der Waals surface area contributed by atoms with Gasteiger partial charge < -0.3 is 16.2 Å². The molecule has 0 heterocycles. The molecule has 20 heavy (non-hydrogen) atoms. The number of benzene rings is 2. The zero-order chi connectivity index (χ0) is 14.5. The summed E-state index contributed by atoms with van der Waals surface area (Å²) in [5, 5.41) is 12.4. The van der Waals surface area contributed by atoms with E-state index in [2.05, 4.69) is 5.32 Å². The Morgan fingerprint density at radius 2 is 1.95 bits per heavy atom. The summed E-state index contributed by atoms with van der Waals surface area (Å²) in [6.07, 6.45) is 0. The van der Waals surface area contributed by atoms with Crippen LogP contribution in [0.5, 0.6) is 5.75 Å². The van der Waals surface area contributed by atoms with E-state index in [1.165, 1.54) is 18.2 Å². The van der Waals surface area contributed by atoms with Crippen molar-refractivity contribution in [3.05, 3.63) is 64.2 Å². The van der Waals surface area contributed by atoms with Gasteiger partial charge in [-0.15, -0.1) is 0 Å². The summed E-state index contributed by atoms with van der Waals surface area (Å²) in [5.74, 6) is -0.325. The first-order valence-electron chi connectivity index (χ1n) is 6.15. The first-order valence-corrected chi connectivity index (χ1v) is 6.52. The van der Waals surface area contributed by atoms with Crippen LogP contribution in [0, 0.1) is 0 Å². The minimum absolute atomic E-state index is 0.00433. The van der Waals surface area contributed by atoms with E-state index in [9.17, 15) is 9.90 Å². The number of halogens is 1. The summed E-state index contributed by atoms with van der Waals surface area (Å²) in [6, 6.07) is 11.9. The minimum Gasteiger partial charge on any atom is -0.508 e. The first kappa shape index (κ1) is 14.4. The van der Waals surface area contributed by atoms with Crippen molar-refractivity contribution >= 4 is 17.5 Å². The molecular weight excluding hydrogens is 276 g/mol. The quantitative estimate of drug-likeness (QED) is 0.809. The van der Waals surface area contributed by atoms with Crippen molar-refractivity contribution < 1.29 is 9.90 Å². The van der Waals surface area contributed by atoms with Gasteiger partial charge in [-0.3, -0.25) is 4.79 Å². The molecule has 2 aromatic carbocycles. The normalized spacial score (nSPS) is 10.3. The SMILES string of the molecule is NCc1cccc(CNC(=O)c2cc(O)ccc2Cl)c1. The van der Waals surface area contributed by atoms with Crippen LogP contribution in [0.4, 0.5) is 0 Å². The van der Waals surface area contributed by atoms with Crippen LogP contribution in [-0.2, 0) is 13.1 Å². The van der Waals surface area contributed by atoms with Crippen molar-refractivity contribution in [1.29, 1.82) is 0 Å². The van der Waals surface area contributed by atoms with E-state index in [-0.39, 0.29) is 17.2 Å². The second-order valence-corrected chi connectivity index (χ2v) is 4.78. The van der Waals surface area contributed by atoms with Crippen molar-refractivity contribution in [3.63, 3.8) is 0 Å². The lowest BCUT2D eigenvalue weighted by molar-refractivity contribution is 0.0950. The fourth-order valence-electron chi connectivity index (χ4n) is 1.83. The molecule has 0 atom stereocenters. The highest BCUT2D eigenvalue weighted by molar-refractivity contribution is 6.33. The van der Waals surface area contributed by atoms with Gasteiger partial charge in [0.1, 0.15) is 5.75 Å². The fourth-order valence-corrected chi connectivity index (χ4v) is 2.03. The van der Waals surface area contributed by atoms with Crippen molar-refractivity contribution in [2.24, 2.45) is 5.73 Å². The van der Waals surface area contributed by atoms with Crippen molar-refractivity contribution in [2.45, 2.75) is 13.1 Å². The Morgan fingerprint density at radius 1 is 1.20 bits per heavy atom. The molecule has 0 bridgehead atoms. The standard InChI is InChI=1S/C15H15ClN2O2/c16-14-5-4-12(19)7-13(14)15(20)18-9-11-3-1-2-10(6-11)8-17/h1-7,19H,8-9,17H2,(H,18,20). The third kappa shape index (κ3) is 3.50. The van der Waals surface area contributed by atoms with Crippen LogP contribution in [0.1, 0.15) is 21.5 Å². The molecule has 2 rings (SSSR count). The maximum Gasteiger partial charge on any atom is 0.253 e. The van der Waals surface area contributed by atoms with Crippen LogP contribution in [0.3, 0.4) is 0 Å². The number of rotatable bonds is 4. The van der Waals surface area contributed by atoms with E-state index in [0.29, 0.717) is 18.1 Å². The smallest absolute Gasteiger partial charge is 0.253 e. The molecule has 0 radical (unpaired) electrons. The van der Waals surface area contributed by atoms with E-state index in [1.54, 1.807) is 0 Å².